The molecule has 4 heteroatoms. The Morgan fingerprint density at radius 2 is 2.29 bits per heavy atom. The Bertz CT molecular complexity index is 293. The van der Waals surface area contributed by atoms with Crippen LogP contribution in [0.3, 0.4) is 0 Å². The number of hydrogen-bond donors (Lipinski definition) is 0. The summed E-state index contributed by atoms with van der Waals surface area (Å²) < 4.78 is 18.5. The minimum absolute atomic E-state index is 0.206. The van der Waals surface area contributed by atoms with Crippen LogP contribution >= 0.6 is 27.7 Å². The van der Waals surface area contributed by atoms with E-state index in [1.165, 1.54) is 12.1 Å². The van der Waals surface area contributed by atoms with Crippen LogP contribution in [0.5, 0.6) is 0 Å². The molecule has 1 aromatic carbocycles. The fourth-order valence-electron chi connectivity index (χ4n) is 0.963. The molecule has 0 aliphatic carbocycles. The lowest BCUT2D eigenvalue weighted by atomic mass is 10.2. The standard InChI is InChI=1S/C10H12BrFOS/c1-13-4-5-14-7-8-2-3-9(12)6-10(8)11/h2-3,6H,4-5,7H2,1H3. The van der Waals surface area contributed by atoms with E-state index in [2.05, 4.69) is 15.9 Å². The van der Waals surface area contributed by atoms with E-state index in [4.69, 9.17) is 4.74 Å². The van der Waals surface area contributed by atoms with E-state index in [1.807, 2.05) is 0 Å². The van der Waals surface area contributed by atoms with Gasteiger partial charge in [-0.15, -0.1) is 0 Å². The highest BCUT2D eigenvalue weighted by atomic mass is 79.9. The van der Waals surface area contributed by atoms with Crippen molar-refractivity contribution < 1.29 is 9.13 Å². The van der Waals surface area contributed by atoms with Gasteiger partial charge in [-0.3, -0.25) is 0 Å². The maximum atomic E-state index is 12.7. The molecule has 1 nitrogen and oxygen atoms in total. The first-order chi connectivity index (χ1) is 6.74. The molecule has 0 heterocycles. The predicted octanol–water partition coefficient (Wildman–Crippen LogP) is 3.47. The normalized spacial score (nSPS) is 10.5. The Labute approximate surface area is 96.2 Å². The molecule has 78 valence electrons. The highest BCUT2D eigenvalue weighted by Gasteiger charge is 2.01. The maximum Gasteiger partial charge on any atom is 0.124 e. The first kappa shape index (κ1) is 12.0. The molecule has 0 unspecified atom stereocenters. The number of methoxy groups -OCH3 is 1. The second-order valence-electron chi connectivity index (χ2n) is 2.78. The number of thioether (sulfide) groups is 1. The molecule has 0 spiro atoms. The maximum absolute atomic E-state index is 12.7. The van der Waals surface area contributed by atoms with Crippen molar-refractivity contribution in [3.63, 3.8) is 0 Å². The van der Waals surface area contributed by atoms with E-state index in [0.29, 0.717) is 0 Å². The topological polar surface area (TPSA) is 9.23 Å². The van der Waals surface area contributed by atoms with Crippen molar-refractivity contribution in [2.45, 2.75) is 5.75 Å². The minimum atomic E-state index is -0.206. The molecule has 0 aromatic heterocycles. The lowest BCUT2D eigenvalue weighted by molar-refractivity contribution is 0.218. The zero-order valence-electron chi connectivity index (χ0n) is 7.93. The average Bonchev–Trinajstić information content (AvgIpc) is 2.15. The van der Waals surface area contributed by atoms with Crippen molar-refractivity contribution in [2.24, 2.45) is 0 Å². The lowest BCUT2D eigenvalue weighted by Crippen LogP contribution is -1.93. The second-order valence-corrected chi connectivity index (χ2v) is 4.74. The van der Waals surface area contributed by atoms with Crippen LogP contribution in [0.15, 0.2) is 22.7 Å². The lowest BCUT2D eigenvalue weighted by Gasteiger charge is -2.04. The molecule has 0 N–H and O–H groups in total. The summed E-state index contributed by atoms with van der Waals surface area (Å²) in [5.41, 5.74) is 1.12. The Morgan fingerprint density at radius 3 is 2.93 bits per heavy atom. The molecular formula is C10H12BrFOS. The van der Waals surface area contributed by atoms with E-state index in [1.54, 1.807) is 24.9 Å². The molecular weight excluding hydrogens is 267 g/mol. The summed E-state index contributed by atoms with van der Waals surface area (Å²) in [7, 11) is 1.69. The van der Waals surface area contributed by atoms with Crippen molar-refractivity contribution >= 4 is 27.7 Å². The Balaban J connectivity index is 2.42. The quantitative estimate of drug-likeness (QED) is 0.763. The fourth-order valence-corrected chi connectivity index (χ4v) is 2.54. The van der Waals surface area contributed by atoms with Crippen LogP contribution < -0.4 is 0 Å². The van der Waals surface area contributed by atoms with E-state index in [-0.39, 0.29) is 5.82 Å². The molecule has 0 amide bonds. The van der Waals surface area contributed by atoms with Gasteiger partial charge in [0, 0.05) is 23.1 Å². The molecule has 0 atom stereocenters. The van der Waals surface area contributed by atoms with E-state index >= 15 is 0 Å². The monoisotopic (exact) mass is 278 g/mol. The van der Waals surface area contributed by atoms with Crippen molar-refractivity contribution in [1.82, 2.24) is 0 Å². The SMILES string of the molecule is COCCSCc1ccc(F)cc1Br. The number of rotatable bonds is 5. The van der Waals surface area contributed by atoms with Gasteiger partial charge in [0.2, 0.25) is 0 Å². The van der Waals surface area contributed by atoms with E-state index in [9.17, 15) is 4.39 Å². The number of benzene rings is 1. The van der Waals surface area contributed by atoms with Gasteiger partial charge in [0.25, 0.3) is 0 Å². The third-order valence-corrected chi connectivity index (χ3v) is 3.41. The van der Waals surface area contributed by atoms with Gasteiger partial charge in [0.1, 0.15) is 5.82 Å². The van der Waals surface area contributed by atoms with Crippen LogP contribution in [-0.2, 0) is 10.5 Å². The predicted molar refractivity (Wildman–Crippen MR) is 62.1 cm³/mol. The first-order valence-electron chi connectivity index (χ1n) is 4.24. The molecule has 0 radical (unpaired) electrons. The largest absolute Gasteiger partial charge is 0.384 e. The summed E-state index contributed by atoms with van der Waals surface area (Å²) in [4.78, 5) is 0. The van der Waals surface area contributed by atoms with Gasteiger partial charge in [0.15, 0.2) is 0 Å². The van der Waals surface area contributed by atoms with Gasteiger partial charge in [-0.1, -0.05) is 22.0 Å². The Morgan fingerprint density at radius 1 is 1.50 bits per heavy atom. The van der Waals surface area contributed by atoms with Crippen molar-refractivity contribution in [1.29, 1.82) is 0 Å². The van der Waals surface area contributed by atoms with Gasteiger partial charge in [-0.25, -0.2) is 4.39 Å². The van der Waals surface area contributed by atoms with Crippen LogP contribution in [0.25, 0.3) is 0 Å². The number of hydrogen-bond acceptors (Lipinski definition) is 2. The number of ether oxygens (including phenoxy) is 1. The first-order valence-corrected chi connectivity index (χ1v) is 6.19. The molecule has 0 fully saturated rings. The van der Waals surface area contributed by atoms with Crippen molar-refractivity contribution in [3.05, 3.63) is 34.1 Å². The number of halogens is 2. The fraction of sp³-hybridized carbons (Fsp3) is 0.400. The van der Waals surface area contributed by atoms with Crippen LogP contribution in [-0.4, -0.2) is 19.5 Å². The van der Waals surface area contributed by atoms with Gasteiger partial charge in [-0.05, 0) is 17.7 Å². The Kier molecular flexibility index (Phi) is 5.52. The van der Waals surface area contributed by atoms with Gasteiger partial charge >= 0.3 is 0 Å². The van der Waals surface area contributed by atoms with Crippen LogP contribution in [0.2, 0.25) is 0 Å². The summed E-state index contributed by atoms with van der Waals surface area (Å²) >= 11 is 5.11. The van der Waals surface area contributed by atoms with Crippen LogP contribution in [0.1, 0.15) is 5.56 Å². The molecule has 0 saturated heterocycles. The van der Waals surface area contributed by atoms with E-state index < -0.39 is 0 Å². The highest BCUT2D eigenvalue weighted by molar-refractivity contribution is 9.10. The molecule has 0 aliphatic heterocycles. The third kappa shape index (κ3) is 3.98. The van der Waals surface area contributed by atoms with Gasteiger partial charge in [-0.2, -0.15) is 11.8 Å². The minimum Gasteiger partial charge on any atom is -0.384 e. The van der Waals surface area contributed by atoms with Crippen molar-refractivity contribution in [3.8, 4) is 0 Å². The zero-order chi connectivity index (χ0) is 10.4. The summed E-state index contributed by atoms with van der Waals surface area (Å²) in [6.07, 6.45) is 0. The summed E-state index contributed by atoms with van der Waals surface area (Å²) in [5.74, 6) is 1.63. The average molecular weight is 279 g/mol. The van der Waals surface area contributed by atoms with Gasteiger partial charge < -0.3 is 4.74 Å². The highest BCUT2D eigenvalue weighted by Crippen LogP contribution is 2.22. The summed E-state index contributed by atoms with van der Waals surface area (Å²) in [5, 5.41) is 0. The summed E-state index contributed by atoms with van der Waals surface area (Å²) in [6.45, 7) is 0.753. The van der Waals surface area contributed by atoms with Crippen LogP contribution in [0, 0.1) is 5.82 Å². The molecule has 0 saturated carbocycles. The smallest absolute Gasteiger partial charge is 0.124 e. The molecule has 0 aliphatic rings. The second kappa shape index (κ2) is 6.43. The molecule has 0 bridgehead atoms. The van der Waals surface area contributed by atoms with E-state index in [0.717, 1.165) is 28.1 Å². The van der Waals surface area contributed by atoms with Crippen molar-refractivity contribution in [2.75, 3.05) is 19.5 Å². The zero-order valence-corrected chi connectivity index (χ0v) is 10.3. The molecule has 1 aromatic rings. The van der Waals surface area contributed by atoms with Gasteiger partial charge in [0.05, 0.1) is 6.61 Å². The summed E-state index contributed by atoms with van der Waals surface area (Å²) in [6, 6.07) is 4.78. The molecule has 14 heavy (non-hydrogen) atoms. The third-order valence-electron chi connectivity index (χ3n) is 1.70. The Hall–Kier alpha value is -0.0600. The van der Waals surface area contributed by atoms with Crippen LogP contribution in [0.4, 0.5) is 4.39 Å². The molecule has 1 rings (SSSR count).